The van der Waals surface area contributed by atoms with Gasteiger partial charge in [0.25, 0.3) is 0 Å². The van der Waals surface area contributed by atoms with Crippen LogP contribution >= 0.6 is 0 Å². The summed E-state index contributed by atoms with van der Waals surface area (Å²) in [6.45, 7) is 4.47. The Morgan fingerprint density at radius 3 is 1.73 bits per heavy atom. The summed E-state index contributed by atoms with van der Waals surface area (Å²) in [5.74, 6) is -2.20. The molecule has 5 N–H and O–H groups in total. The van der Waals surface area contributed by atoms with E-state index >= 15 is 0 Å². The number of nitrogens with zero attached hydrogens (tertiary/aromatic N) is 2. The van der Waals surface area contributed by atoms with Crippen LogP contribution in [0.15, 0.2) is 78.9 Å². The van der Waals surface area contributed by atoms with Crippen molar-refractivity contribution in [3.05, 3.63) is 95.6 Å². The zero-order valence-electron chi connectivity index (χ0n) is 27.2. The van der Waals surface area contributed by atoms with Gasteiger partial charge in [0.2, 0.25) is 17.7 Å². The van der Waals surface area contributed by atoms with E-state index in [9.17, 15) is 29.1 Å². The van der Waals surface area contributed by atoms with Gasteiger partial charge in [0.05, 0.1) is 0 Å². The summed E-state index contributed by atoms with van der Waals surface area (Å²) in [5.41, 5.74) is 3.24. The maximum absolute atomic E-state index is 13.5. The molecule has 13 nitrogen and oxygen atoms in total. The molecule has 2 atom stereocenters. The summed E-state index contributed by atoms with van der Waals surface area (Å²) in [6, 6.07) is 20.3. The molecule has 49 heavy (non-hydrogen) atoms. The van der Waals surface area contributed by atoms with E-state index in [1.807, 2.05) is 18.2 Å². The second kappa shape index (κ2) is 17.2. The average Bonchev–Trinajstić information content (AvgIpc) is 3.10. The van der Waals surface area contributed by atoms with Crippen LogP contribution in [0.3, 0.4) is 0 Å². The van der Waals surface area contributed by atoms with Crippen LogP contribution in [0.1, 0.15) is 29.5 Å². The third kappa shape index (κ3) is 11.2. The number of ether oxygens (including phenoxy) is 1. The first-order valence-electron chi connectivity index (χ1n) is 16.4. The number of carbonyl (C=O) groups is 5. The first-order valence-corrected chi connectivity index (χ1v) is 16.4. The molecule has 13 heteroatoms. The maximum Gasteiger partial charge on any atom is 0.408 e. The van der Waals surface area contributed by atoms with Gasteiger partial charge in [-0.05, 0) is 41.0 Å². The summed E-state index contributed by atoms with van der Waals surface area (Å²) >= 11 is 0. The van der Waals surface area contributed by atoms with Crippen molar-refractivity contribution in [2.45, 2.75) is 44.4 Å². The molecule has 0 radical (unpaired) electrons. The summed E-state index contributed by atoms with van der Waals surface area (Å²) in [5, 5.41) is 20.9. The van der Waals surface area contributed by atoms with Crippen LogP contribution in [-0.2, 0) is 43.4 Å². The van der Waals surface area contributed by atoms with Crippen LogP contribution in [0.25, 0.3) is 0 Å². The number of carbonyl (C=O) groups excluding carboxylic acids is 4. The Bertz CT molecular complexity index is 1590. The molecule has 0 unspecified atom stereocenters. The van der Waals surface area contributed by atoms with Gasteiger partial charge >= 0.3 is 12.1 Å². The van der Waals surface area contributed by atoms with Crippen molar-refractivity contribution in [3.8, 4) is 0 Å². The first kappa shape index (κ1) is 35.0. The number of aliphatic carboxylic acids is 1. The van der Waals surface area contributed by atoms with Gasteiger partial charge in [-0.25, -0.2) is 9.59 Å². The van der Waals surface area contributed by atoms with Gasteiger partial charge in [0.1, 0.15) is 18.7 Å². The van der Waals surface area contributed by atoms with Crippen molar-refractivity contribution >= 4 is 41.2 Å². The van der Waals surface area contributed by atoms with Crippen LogP contribution in [0, 0.1) is 0 Å². The number of alkyl carbamates (subject to hydrolysis) is 1. The Hall–Kier alpha value is -5.27. The number of carboxylic acid groups (broad SMARTS) is 1. The molecule has 3 aromatic carbocycles. The van der Waals surface area contributed by atoms with Crippen molar-refractivity contribution in [1.82, 2.24) is 20.4 Å². The number of amides is 4. The second-order valence-corrected chi connectivity index (χ2v) is 12.2. The van der Waals surface area contributed by atoms with Crippen molar-refractivity contribution in [1.29, 1.82) is 0 Å². The van der Waals surface area contributed by atoms with Gasteiger partial charge in [-0.15, -0.1) is 0 Å². The minimum absolute atomic E-state index is 0.0141. The lowest BCUT2D eigenvalue weighted by Gasteiger charge is -2.34. The van der Waals surface area contributed by atoms with Crippen molar-refractivity contribution in [3.63, 3.8) is 0 Å². The summed E-state index contributed by atoms with van der Waals surface area (Å²) in [6.07, 6.45) is -0.178. The highest BCUT2D eigenvalue weighted by atomic mass is 16.5. The van der Waals surface area contributed by atoms with Crippen molar-refractivity contribution in [2.75, 3.05) is 49.9 Å². The molecule has 0 spiro atoms. The Labute approximate surface area is 285 Å². The van der Waals surface area contributed by atoms with Gasteiger partial charge in [0.15, 0.2) is 0 Å². The number of hydrogen-bond acceptors (Lipinski definition) is 8. The molecule has 4 amide bonds. The minimum Gasteiger partial charge on any atom is -0.480 e. The highest BCUT2D eigenvalue weighted by Crippen LogP contribution is 2.15. The molecule has 1 saturated heterocycles. The molecule has 5 aliphatic rings. The number of hydrogen-bond donors (Lipinski definition) is 5. The van der Waals surface area contributed by atoms with E-state index in [0.29, 0.717) is 48.4 Å². The van der Waals surface area contributed by atoms with Crippen molar-refractivity contribution < 1.29 is 33.8 Å². The fraction of sp³-hybridized carbons (Fsp3) is 0.361. The van der Waals surface area contributed by atoms with E-state index in [0.717, 1.165) is 31.7 Å². The second-order valence-electron chi connectivity index (χ2n) is 12.2. The van der Waals surface area contributed by atoms with Crippen molar-refractivity contribution in [2.24, 2.45) is 0 Å². The zero-order valence-corrected chi connectivity index (χ0v) is 27.2. The Morgan fingerprint density at radius 1 is 0.714 bits per heavy atom. The summed E-state index contributed by atoms with van der Waals surface area (Å²) in [4.78, 5) is 68.4. The molecular formula is C36H42N6O7. The smallest absolute Gasteiger partial charge is 0.408 e. The molecule has 0 aliphatic carbocycles. The monoisotopic (exact) mass is 670 g/mol. The molecule has 8 rings (SSSR count). The lowest BCUT2D eigenvalue weighted by molar-refractivity contribution is -0.142. The molecule has 258 valence electrons. The number of anilines is 2. The predicted octanol–water partition coefficient (Wildman–Crippen LogP) is 2.62. The summed E-state index contributed by atoms with van der Waals surface area (Å²) in [7, 11) is 0. The predicted molar refractivity (Wildman–Crippen MR) is 183 cm³/mol. The molecular weight excluding hydrogens is 628 g/mol. The van der Waals surface area contributed by atoms with Gasteiger partial charge in [-0.1, -0.05) is 54.6 Å². The largest absolute Gasteiger partial charge is 0.480 e. The zero-order chi connectivity index (χ0) is 34.6. The SMILES string of the molecule is O=C1CCN2CCN(CCC(=O)Nc3ccc(cc3)C[C@@H](NC(=O)OCc3ccccc3)C(=O)N[C@H](C(=O)O)Cc3ccc(cc3)N1)CC2. The van der Waals surface area contributed by atoms with Crippen LogP contribution in [0.2, 0.25) is 0 Å². The normalized spacial score (nSPS) is 22.4. The van der Waals surface area contributed by atoms with E-state index in [1.54, 1.807) is 60.7 Å². The maximum atomic E-state index is 13.5. The minimum atomic E-state index is -1.30. The highest BCUT2D eigenvalue weighted by Gasteiger charge is 2.28. The number of carboxylic acids is 1. The van der Waals surface area contributed by atoms with E-state index in [1.165, 1.54) is 0 Å². The fourth-order valence-corrected chi connectivity index (χ4v) is 5.71. The van der Waals surface area contributed by atoms with Gasteiger partial charge in [0, 0.05) is 76.3 Å². The number of nitrogens with one attached hydrogen (secondary N) is 4. The molecule has 6 bridgehead atoms. The van der Waals surface area contributed by atoms with Crippen LogP contribution < -0.4 is 21.3 Å². The molecule has 5 heterocycles. The molecule has 0 saturated carbocycles. The quantitative estimate of drug-likeness (QED) is 0.280. The third-order valence-electron chi connectivity index (χ3n) is 8.57. The van der Waals surface area contributed by atoms with Crippen LogP contribution in [-0.4, -0.2) is 96.0 Å². The lowest BCUT2D eigenvalue weighted by atomic mass is 10.0. The summed E-state index contributed by atoms with van der Waals surface area (Å²) < 4.78 is 5.34. The van der Waals surface area contributed by atoms with E-state index in [4.69, 9.17) is 4.74 Å². The van der Waals surface area contributed by atoms with E-state index in [2.05, 4.69) is 31.1 Å². The van der Waals surface area contributed by atoms with Gasteiger partial charge < -0.3 is 40.9 Å². The lowest BCUT2D eigenvalue weighted by Crippen LogP contribution is -2.53. The Kier molecular flexibility index (Phi) is 12.3. The first-order chi connectivity index (χ1) is 23.7. The number of piperazine rings is 1. The average molecular weight is 671 g/mol. The molecule has 0 aromatic heterocycles. The van der Waals surface area contributed by atoms with E-state index in [-0.39, 0.29) is 31.3 Å². The van der Waals surface area contributed by atoms with Gasteiger partial charge in [-0.3, -0.25) is 14.4 Å². The standard InChI is InChI=1S/C36H42N6O7/c43-32-14-16-41-18-20-42(21-19-41)17-15-33(44)38-29-12-8-26(9-13-29)23-31(35(46)47)39-34(45)30(22-25-6-10-28(37-32)11-7-25)40-36(48)49-24-27-4-2-1-3-5-27/h1-13,30-31H,14-24H2,(H,37,43)(H,38,44)(H,39,45)(H,40,48)(H,46,47)/t30-,31+/m1/s1. The third-order valence-corrected chi connectivity index (χ3v) is 8.57. The Morgan fingerprint density at radius 2 is 1.22 bits per heavy atom. The molecule has 3 aromatic rings. The number of benzene rings is 3. The molecule has 1 fully saturated rings. The highest BCUT2D eigenvalue weighted by molar-refractivity contribution is 5.92. The molecule has 5 aliphatic heterocycles. The van der Waals surface area contributed by atoms with Gasteiger partial charge in [-0.2, -0.15) is 0 Å². The number of rotatable bonds is 4. The van der Waals surface area contributed by atoms with Crippen LogP contribution in [0.5, 0.6) is 0 Å². The number of fused-ring (bicyclic) bond motifs is 3. The topological polar surface area (TPSA) is 169 Å². The fourth-order valence-electron chi connectivity index (χ4n) is 5.71. The van der Waals surface area contributed by atoms with E-state index < -0.39 is 30.1 Å². The van der Waals surface area contributed by atoms with Crippen LogP contribution in [0.4, 0.5) is 16.2 Å². The Balaban J connectivity index is 1.32.